The Labute approximate surface area is 168 Å². The number of carbonyl (C=O) groups is 2. The minimum Gasteiger partial charge on any atom is -0.460 e. The van der Waals surface area contributed by atoms with Gasteiger partial charge in [0.15, 0.2) is 0 Å². The molecular formula is C23H21NO5. The van der Waals surface area contributed by atoms with Gasteiger partial charge in [-0.25, -0.2) is 4.79 Å². The van der Waals surface area contributed by atoms with E-state index in [1.54, 1.807) is 60.7 Å². The van der Waals surface area contributed by atoms with E-state index in [1.807, 2.05) is 30.3 Å². The first-order valence-corrected chi connectivity index (χ1v) is 9.08. The molecule has 3 aromatic carbocycles. The monoisotopic (exact) mass is 391 g/mol. The SMILES string of the molecule is O=C(CNOC(=O)C(O)(c1ccccc1)c1ccccc1)OCc1ccccc1. The normalized spacial score (nSPS) is 10.9. The lowest BCUT2D eigenvalue weighted by molar-refractivity contribution is -0.172. The molecule has 6 heteroatoms. The maximum Gasteiger partial charge on any atom is 0.366 e. The molecule has 0 unspecified atom stereocenters. The summed E-state index contributed by atoms with van der Waals surface area (Å²) in [6.07, 6.45) is 0. The zero-order chi connectivity index (χ0) is 20.5. The van der Waals surface area contributed by atoms with E-state index in [9.17, 15) is 14.7 Å². The number of hydroxylamine groups is 1. The summed E-state index contributed by atoms with van der Waals surface area (Å²) in [5.41, 5.74) is 1.81. The maximum atomic E-state index is 12.7. The molecule has 0 aliphatic heterocycles. The van der Waals surface area contributed by atoms with Crippen molar-refractivity contribution in [3.63, 3.8) is 0 Å². The third-order valence-electron chi connectivity index (χ3n) is 4.30. The number of aliphatic hydroxyl groups is 1. The van der Waals surface area contributed by atoms with Crippen LogP contribution < -0.4 is 5.48 Å². The van der Waals surface area contributed by atoms with Crippen LogP contribution in [0.5, 0.6) is 0 Å². The molecule has 0 aliphatic carbocycles. The number of benzene rings is 3. The zero-order valence-corrected chi connectivity index (χ0v) is 15.7. The Bertz CT molecular complexity index is 890. The predicted molar refractivity (Wildman–Crippen MR) is 106 cm³/mol. The average molecular weight is 391 g/mol. The minimum atomic E-state index is -2.02. The van der Waals surface area contributed by atoms with Crippen molar-refractivity contribution < 1.29 is 24.3 Å². The van der Waals surface area contributed by atoms with Crippen molar-refractivity contribution in [1.29, 1.82) is 0 Å². The molecule has 0 saturated heterocycles. The van der Waals surface area contributed by atoms with E-state index in [-0.39, 0.29) is 13.2 Å². The molecule has 0 radical (unpaired) electrons. The highest BCUT2D eigenvalue weighted by atomic mass is 16.7. The van der Waals surface area contributed by atoms with Crippen LogP contribution in [0.4, 0.5) is 0 Å². The molecule has 0 saturated carbocycles. The van der Waals surface area contributed by atoms with Crippen LogP contribution >= 0.6 is 0 Å². The summed E-state index contributed by atoms with van der Waals surface area (Å²) in [5.74, 6) is -1.55. The van der Waals surface area contributed by atoms with Gasteiger partial charge in [-0.1, -0.05) is 91.0 Å². The molecule has 2 N–H and O–H groups in total. The summed E-state index contributed by atoms with van der Waals surface area (Å²) >= 11 is 0. The molecule has 0 spiro atoms. The number of nitrogens with one attached hydrogen (secondary N) is 1. The number of rotatable bonds is 8. The molecule has 3 rings (SSSR count). The first-order chi connectivity index (χ1) is 14.1. The fourth-order valence-corrected chi connectivity index (χ4v) is 2.78. The van der Waals surface area contributed by atoms with E-state index in [0.717, 1.165) is 5.56 Å². The van der Waals surface area contributed by atoms with Crippen molar-refractivity contribution in [3.05, 3.63) is 108 Å². The van der Waals surface area contributed by atoms with Crippen LogP contribution in [0.15, 0.2) is 91.0 Å². The van der Waals surface area contributed by atoms with Crippen LogP contribution in [-0.2, 0) is 31.4 Å². The number of hydrogen-bond donors (Lipinski definition) is 2. The van der Waals surface area contributed by atoms with Gasteiger partial charge in [0.25, 0.3) is 0 Å². The average Bonchev–Trinajstić information content (AvgIpc) is 2.79. The standard InChI is InChI=1S/C23H21NO5/c25-21(28-17-18-10-4-1-5-11-18)16-24-29-22(26)23(27,19-12-6-2-7-13-19)20-14-8-3-9-15-20/h1-15,24,27H,16-17H2. The molecule has 0 fully saturated rings. The molecular weight excluding hydrogens is 370 g/mol. The molecule has 6 nitrogen and oxygen atoms in total. The molecule has 0 heterocycles. The van der Waals surface area contributed by atoms with E-state index in [0.29, 0.717) is 11.1 Å². The van der Waals surface area contributed by atoms with Crippen LogP contribution in [0.25, 0.3) is 0 Å². The molecule has 0 atom stereocenters. The Hall–Kier alpha value is -3.48. The first kappa shape index (κ1) is 20.3. The van der Waals surface area contributed by atoms with E-state index in [2.05, 4.69) is 5.48 Å². The molecule has 3 aromatic rings. The van der Waals surface area contributed by atoms with E-state index in [4.69, 9.17) is 9.57 Å². The van der Waals surface area contributed by atoms with Gasteiger partial charge < -0.3 is 14.7 Å². The van der Waals surface area contributed by atoms with Gasteiger partial charge in [0.1, 0.15) is 13.2 Å². The lowest BCUT2D eigenvalue weighted by atomic mass is 9.86. The van der Waals surface area contributed by atoms with Crippen molar-refractivity contribution in [2.45, 2.75) is 12.2 Å². The van der Waals surface area contributed by atoms with Crippen LogP contribution in [0.1, 0.15) is 16.7 Å². The Balaban J connectivity index is 1.61. The lowest BCUT2D eigenvalue weighted by Crippen LogP contribution is -2.42. The highest BCUT2D eigenvalue weighted by molar-refractivity contribution is 5.85. The van der Waals surface area contributed by atoms with Crippen LogP contribution in [-0.4, -0.2) is 23.6 Å². The van der Waals surface area contributed by atoms with Crippen molar-refractivity contribution >= 4 is 11.9 Å². The number of esters is 1. The number of hydrogen-bond acceptors (Lipinski definition) is 6. The van der Waals surface area contributed by atoms with Gasteiger partial charge in [0.2, 0.25) is 5.60 Å². The van der Waals surface area contributed by atoms with Gasteiger partial charge in [0.05, 0.1) is 0 Å². The Morgan fingerprint density at radius 2 is 1.28 bits per heavy atom. The molecule has 0 amide bonds. The molecule has 29 heavy (non-hydrogen) atoms. The first-order valence-electron chi connectivity index (χ1n) is 9.08. The Kier molecular flexibility index (Phi) is 6.73. The summed E-state index contributed by atoms with van der Waals surface area (Å²) in [6, 6.07) is 26.1. The van der Waals surface area contributed by atoms with Crippen LogP contribution in [0, 0.1) is 0 Å². The second-order valence-electron chi connectivity index (χ2n) is 6.30. The molecule has 148 valence electrons. The van der Waals surface area contributed by atoms with Crippen molar-refractivity contribution in [1.82, 2.24) is 5.48 Å². The van der Waals surface area contributed by atoms with Gasteiger partial charge in [-0.15, -0.1) is 5.48 Å². The van der Waals surface area contributed by atoms with Gasteiger partial charge in [0, 0.05) is 0 Å². The van der Waals surface area contributed by atoms with Crippen LogP contribution in [0.2, 0.25) is 0 Å². The van der Waals surface area contributed by atoms with Gasteiger partial charge in [-0.2, -0.15) is 0 Å². The topological polar surface area (TPSA) is 84.9 Å². The molecule has 0 aliphatic rings. The lowest BCUT2D eigenvalue weighted by Gasteiger charge is -2.26. The van der Waals surface area contributed by atoms with Crippen molar-refractivity contribution in [2.24, 2.45) is 0 Å². The van der Waals surface area contributed by atoms with Gasteiger partial charge in [-0.05, 0) is 16.7 Å². The maximum absolute atomic E-state index is 12.7. The minimum absolute atomic E-state index is 0.118. The fourth-order valence-electron chi connectivity index (χ4n) is 2.78. The summed E-state index contributed by atoms with van der Waals surface area (Å²) < 4.78 is 5.11. The number of ether oxygens (including phenoxy) is 1. The largest absolute Gasteiger partial charge is 0.460 e. The van der Waals surface area contributed by atoms with E-state index < -0.39 is 17.5 Å². The third-order valence-corrected chi connectivity index (χ3v) is 4.30. The van der Waals surface area contributed by atoms with E-state index >= 15 is 0 Å². The quantitative estimate of drug-likeness (QED) is 0.454. The van der Waals surface area contributed by atoms with E-state index in [1.165, 1.54) is 0 Å². The Morgan fingerprint density at radius 3 is 1.79 bits per heavy atom. The summed E-state index contributed by atoms with van der Waals surface area (Å²) in [6.45, 7) is -0.231. The van der Waals surface area contributed by atoms with Crippen molar-refractivity contribution in [2.75, 3.05) is 6.54 Å². The van der Waals surface area contributed by atoms with Crippen LogP contribution in [0.3, 0.4) is 0 Å². The fraction of sp³-hybridized carbons (Fsp3) is 0.130. The molecule has 0 bridgehead atoms. The molecule has 0 aromatic heterocycles. The summed E-state index contributed by atoms with van der Waals surface area (Å²) in [7, 11) is 0. The second kappa shape index (κ2) is 9.64. The second-order valence-corrected chi connectivity index (χ2v) is 6.30. The number of carbonyl (C=O) groups excluding carboxylic acids is 2. The highest BCUT2D eigenvalue weighted by Crippen LogP contribution is 2.30. The third kappa shape index (κ3) is 5.07. The predicted octanol–water partition coefficient (Wildman–Crippen LogP) is 2.71. The zero-order valence-electron chi connectivity index (χ0n) is 15.7. The van der Waals surface area contributed by atoms with Crippen molar-refractivity contribution in [3.8, 4) is 0 Å². The smallest absolute Gasteiger partial charge is 0.366 e. The summed E-state index contributed by atoms with van der Waals surface area (Å²) in [4.78, 5) is 29.6. The van der Waals surface area contributed by atoms with Gasteiger partial charge in [-0.3, -0.25) is 4.79 Å². The summed E-state index contributed by atoms with van der Waals surface area (Å²) in [5, 5.41) is 11.2. The highest BCUT2D eigenvalue weighted by Gasteiger charge is 2.42. The van der Waals surface area contributed by atoms with Gasteiger partial charge >= 0.3 is 11.9 Å². The Morgan fingerprint density at radius 1 is 0.793 bits per heavy atom.